The van der Waals surface area contributed by atoms with E-state index in [0.717, 1.165) is 0 Å². The smallest absolute Gasteiger partial charge is 0.319 e. The van der Waals surface area contributed by atoms with Gasteiger partial charge in [-0.2, -0.15) is 0 Å². The number of hydrogen-bond acceptors (Lipinski definition) is 3. The standard InChI is InChI=1S/C16H16ClFN2O3/c1-22-15-7-2-11(17)10-14(15)20-16(21)19-8-9-23-13-5-3-12(18)4-6-13/h2-7,10H,8-9H2,1H3,(H2,19,20,21). The summed E-state index contributed by atoms with van der Waals surface area (Å²) >= 11 is 5.89. The SMILES string of the molecule is COc1ccc(Cl)cc1NC(=O)NCCOc1ccc(F)cc1. The molecule has 0 fully saturated rings. The van der Waals surface area contributed by atoms with Crippen molar-refractivity contribution in [2.45, 2.75) is 0 Å². The molecule has 0 aliphatic heterocycles. The fraction of sp³-hybridized carbons (Fsp3) is 0.188. The van der Waals surface area contributed by atoms with Crippen LogP contribution in [0, 0.1) is 5.82 Å². The van der Waals surface area contributed by atoms with Crippen LogP contribution in [0.2, 0.25) is 5.02 Å². The summed E-state index contributed by atoms with van der Waals surface area (Å²) in [5.74, 6) is 0.711. The van der Waals surface area contributed by atoms with Gasteiger partial charge >= 0.3 is 6.03 Å². The van der Waals surface area contributed by atoms with Crippen molar-refractivity contribution in [2.24, 2.45) is 0 Å². The molecule has 0 saturated carbocycles. The number of rotatable bonds is 6. The molecule has 0 radical (unpaired) electrons. The monoisotopic (exact) mass is 338 g/mol. The third-order valence-corrected chi connectivity index (χ3v) is 3.11. The number of hydrogen-bond donors (Lipinski definition) is 2. The summed E-state index contributed by atoms with van der Waals surface area (Å²) in [6.07, 6.45) is 0. The second-order valence-corrected chi connectivity index (χ2v) is 4.96. The van der Waals surface area contributed by atoms with E-state index in [4.69, 9.17) is 21.1 Å². The highest BCUT2D eigenvalue weighted by molar-refractivity contribution is 6.31. The van der Waals surface area contributed by atoms with E-state index in [-0.39, 0.29) is 19.0 Å². The van der Waals surface area contributed by atoms with Crippen molar-refractivity contribution in [1.82, 2.24) is 5.32 Å². The molecule has 0 atom stereocenters. The van der Waals surface area contributed by atoms with E-state index in [2.05, 4.69) is 10.6 Å². The molecule has 2 amide bonds. The largest absolute Gasteiger partial charge is 0.495 e. The zero-order chi connectivity index (χ0) is 16.7. The van der Waals surface area contributed by atoms with Crippen molar-refractivity contribution in [3.05, 3.63) is 53.3 Å². The van der Waals surface area contributed by atoms with Gasteiger partial charge in [0.25, 0.3) is 0 Å². The topological polar surface area (TPSA) is 59.6 Å². The maximum Gasteiger partial charge on any atom is 0.319 e. The van der Waals surface area contributed by atoms with Gasteiger partial charge in [-0.05, 0) is 42.5 Å². The summed E-state index contributed by atoms with van der Waals surface area (Å²) in [7, 11) is 1.50. The molecule has 0 aromatic heterocycles. The summed E-state index contributed by atoms with van der Waals surface area (Å²) in [6.45, 7) is 0.540. The predicted octanol–water partition coefficient (Wildman–Crippen LogP) is 3.69. The highest BCUT2D eigenvalue weighted by Crippen LogP contribution is 2.27. The fourth-order valence-electron chi connectivity index (χ4n) is 1.81. The van der Waals surface area contributed by atoms with Crippen LogP contribution in [0.25, 0.3) is 0 Å². The molecule has 0 unspecified atom stereocenters. The van der Waals surface area contributed by atoms with E-state index < -0.39 is 6.03 Å². The molecule has 0 bridgehead atoms. The van der Waals surface area contributed by atoms with Crippen molar-refractivity contribution in [2.75, 3.05) is 25.6 Å². The Morgan fingerprint density at radius 1 is 1.22 bits per heavy atom. The van der Waals surface area contributed by atoms with Crippen LogP contribution in [0.5, 0.6) is 11.5 Å². The molecule has 7 heteroatoms. The number of carbonyl (C=O) groups excluding carboxylic acids is 1. The van der Waals surface area contributed by atoms with Crippen LogP contribution in [-0.2, 0) is 0 Å². The summed E-state index contributed by atoms with van der Waals surface area (Å²) in [6, 6.07) is 10.2. The summed E-state index contributed by atoms with van der Waals surface area (Å²) in [5.41, 5.74) is 0.469. The number of nitrogens with one attached hydrogen (secondary N) is 2. The first-order valence-electron chi connectivity index (χ1n) is 6.85. The normalized spacial score (nSPS) is 10.0. The third-order valence-electron chi connectivity index (χ3n) is 2.88. The molecule has 0 aliphatic carbocycles. The molecule has 5 nitrogen and oxygen atoms in total. The maximum absolute atomic E-state index is 12.7. The number of benzene rings is 2. The Labute approximate surface area is 138 Å². The summed E-state index contributed by atoms with van der Waals surface area (Å²) in [5, 5.41) is 5.77. The van der Waals surface area contributed by atoms with Crippen LogP contribution in [-0.4, -0.2) is 26.3 Å². The Morgan fingerprint density at radius 3 is 2.65 bits per heavy atom. The van der Waals surface area contributed by atoms with E-state index in [1.54, 1.807) is 18.2 Å². The number of amides is 2. The van der Waals surface area contributed by atoms with E-state index >= 15 is 0 Å². The van der Waals surface area contributed by atoms with E-state index in [9.17, 15) is 9.18 Å². The van der Waals surface area contributed by atoms with Crippen molar-refractivity contribution in [3.8, 4) is 11.5 Å². The Balaban J connectivity index is 1.77. The second kappa shape index (κ2) is 8.24. The Morgan fingerprint density at radius 2 is 1.96 bits per heavy atom. The van der Waals surface area contributed by atoms with Gasteiger partial charge in [-0.3, -0.25) is 0 Å². The molecule has 0 saturated heterocycles. The average Bonchev–Trinajstić information content (AvgIpc) is 2.53. The van der Waals surface area contributed by atoms with Gasteiger partial charge in [-0.1, -0.05) is 11.6 Å². The fourth-order valence-corrected chi connectivity index (χ4v) is 1.98. The van der Waals surface area contributed by atoms with Crippen molar-refractivity contribution in [1.29, 1.82) is 0 Å². The van der Waals surface area contributed by atoms with E-state index in [1.165, 1.54) is 31.4 Å². The van der Waals surface area contributed by atoms with Crippen molar-refractivity contribution >= 4 is 23.3 Å². The molecule has 0 spiro atoms. The van der Waals surface area contributed by atoms with Gasteiger partial charge in [0.05, 0.1) is 19.3 Å². The number of methoxy groups -OCH3 is 1. The van der Waals surface area contributed by atoms with Gasteiger partial charge in [0.1, 0.15) is 23.9 Å². The van der Waals surface area contributed by atoms with Gasteiger partial charge < -0.3 is 20.1 Å². The van der Waals surface area contributed by atoms with Crippen LogP contribution >= 0.6 is 11.6 Å². The Bertz CT molecular complexity index is 665. The molecule has 122 valence electrons. The summed E-state index contributed by atoms with van der Waals surface area (Å²) in [4.78, 5) is 11.8. The predicted molar refractivity (Wildman–Crippen MR) is 86.9 cm³/mol. The van der Waals surface area contributed by atoms with Crippen molar-refractivity contribution in [3.63, 3.8) is 0 Å². The number of carbonyl (C=O) groups is 1. The number of ether oxygens (including phenoxy) is 2. The highest BCUT2D eigenvalue weighted by Gasteiger charge is 2.07. The molecule has 0 heterocycles. The first kappa shape index (κ1) is 16.9. The van der Waals surface area contributed by atoms with Gasteiger partial charge in [0.15, 0.2) is 0 Å². The molecule has 0 aliphatic rings. The number of urea groups is 1. The van der Waals surface area contributed by atoms with Crippen LogP contribution in [0.15, 0.2) is 42.5 Å². The molecular weight excluding hydrogens is 323 g/mol. The van der Waals surface area contributed by atoms with Gasteiger partial charge in [-0.15, -0.1) is 0 Å². The molecule has 2 aromatic carbocycles. The lowest BCUT2D eigenvalue weighted by atomic mass is 10.3. The lowest BCUT2D eigenvalue weighted by molar-refractivity contribution is 0.247. The average molecular weight is 339 g/mol. The Hall–Kier alpha value is -2.47. The quantitative estimate of drug-likeness (QED) is 0.790. The zero-order valence-corrected chi connectivity index (χ0v) is 13.2. The first-order chi connectivity index (χ1) is 11.1. The first-order valence-corrected chi connectivity index (χ1v) is 7.23. The minimum atomic E-state index is -0.409. The van der Waals surface area contributed by atoms with Crippen LogP contribution in [0.1, 0.15) is 0 Å². The number of halogens is 2. The zero-order valence-electron chi connectivity index (χ0n) is 12.4. The third kappa shape index (κ3) is 5.34. The van der Waals surface area contributed by atoms with Crippen LogP contribution < -0.4 is 20.1 Å². The molecule has 2 aromatic rings. The number of anilines is 1. The van der Waals surface area contributed by atoms with Crippen LogP contribution in [0.3, 0.4) is 0 Å². The summed E-state index contributed by atoms with van der Waals surface area (Å²) < 4.78 is 23.2. The molecule has 2 rings (SSSR count). The van der Waals surface area contributed by atoms with Gasteiger partial charge in [0.2, 0.25) is 0 Å². The minimum Gasteiger partial charge on any atom is -0.495 e. The molecular formula is C16H16ClFN2O3. The van der Waals surface area contributed by atoms with Crippen molar-refractivity contribution < 1.29 is 18.7 Å². The van der Waals surface area contributed by atoms with E-state index in [1.807, 2.05) is 0 Å². The Kier molecular flexibility index (Phi) is 6.05. The lowest BCUT2D eigenvalue weighted by Crippen LogP contribution is -2.32. The van der Waals surface area contributed by atoms with Gasteiger partial charge in [0, 0.05) is 5.02 Å². The highest BCUT2D eigenvalue weighted by atomic mass is 35.5. The lowest BCUT2D eigenvalue weighted by Gasteiger charge is -2.12. The van der Waals surface area contributed by atoms with Gasteiger partial charge in [-0.25, -0.2) is 9.18 Å². The maximum atomic E-state index is 12.7. The second-order valence-electron chi connectivity index (χ2n) is 4.53. The van der Waals surface area contributed by atoms with E-state index in [0.29, 0.717) is 22.2 Å². The minimum absolute atomic E-state index is 0.256. The molecule has 2 N–H and O–H groups in total. The molecule has 23 heavy (non-hydrogen) atoms. The van der Waals surface area contributed by atoms with Crippen LogP contribution in [0.4, 0.5) is 14.9 Å².